The Morgan fingerprint density at radius 1 is 1.62 bits per heavy atom. The van der Waals surface area contributed by atoms with Gasteiger partial charge in [-0.2, -0.15) is 0 Å². The average molecular weight is 222 g/mol. The van der Waals surface area contributed by atoms with Gasteiger partial charge in [0.1, 0.15) is 17.5 Å². The number of pyridine rings is 1. The van der Waals surface area contributed by atoms with E-state index in [1.807, 2.05) is 0 Å². The fraction of sp³-hybridized carbons (Fsp3) is 0.400. The summed E-state index contributed by atoms with van der Waals surface area (Å²) in [4.78, 5) is 4.03. The fourth-order valence-electron chi connectivity index (χ4n) is 1.57. The van der Waals surface area contributed by atoms with Crippen LogP contribution in [0.3, 0.4) is 0 Å². The molecule has 6 heteroatoms. The predicted octanol–water partition coefficient (Wildman–Crippen LogP) is -0.0832. The Hall–Kier alpha value is -1.82. The van der Waals surface area contributed by atoms with E-state index in [1.165, 1.54) is 0 Å². The summed E-state index contributed by atoms with van der Waals surface area (Å²) in [7, 11) is 0. The molecule has 1 aromatic heterocycles. The number of oxime groups is 1. The van der Waals surface area contributed by atoms with Gasteiger partial charge in [0.15, 0.2) is 5.84 Å². The van der Waals surface area contributed by atoms with Crippen molar-refractivity contribution >= 4 is 5.84 Å². The summed E-state index contributed by atoms with van der Waals surface area (Å²) in [5.74, 6) is 0.692. The lowest BCUT2D eigenvalue weighted by molar-refractivity contribution is 0.222. The first-order chi connectivity index (χ1) is 7.79. The van der Waals surface area contributed by atoms with Gasteiger partial charge in [0.05, 0.1) is 6.20 Å². The number of amidine groups is 1. The zero-order valence-corrected chi connectivity index (χ0v) is 8.76. The van der Waals surface area contributed by atoms with Gasteiger partial charge >= 0.3 is 0 Å². The summed E-state index contributed by atoms with van der Waals surface area (Å²) in [6.45, 7) is 1.85. The van der Waals surface area contributed by atoms with Gasteiger partial charge in [-0.3, -0.25) is 0 Å². The third kappa shape index (κ3) is 2.40. The molecular formula is C10H14N4O2. The largest absolute Gasteiger partial charge is 0.487 e. The maximum absolute atomic E-state index is 8.47. The molecule has 0 saturated carbocycles. The summed E-state index contributed by atoms with van der Waals surface area (Å²) >= 11 is 0. The van der Waals surface area contributed by atoms with Crippen molar-refractivity contribution in [2.75, 3.05) is 13.1 Å². The van der Waals surface area contributed by atoms with Crippen LogP contribution in [0.4, 0.5) is 0 Å². The second-order valence-electron chi connectivity index (χ2n) is 3.60. The smallest absolute Gasteiger partial charge is 0.188 e. The number of hydrogen-bond acceptors (Lipinski definition) is 5. The number of nitrogens with zero attached hydrogens (tertiary/aromatic N) is 2. The van der Waals surface area contributed by atoms with E-state index in [0.29, 0.717) is 11.4 Å². The number of ether oxygens (including phenoxy) is 1. The van der Waals surface area contributed by atoms with Gasteiger partial charge in [-0.1, -0.05) is 5.16 Å². The Kier molecular flexibility index (Phi) is 3.21. The molecule has 1 fully saturated rings. The maximum Gasteiger partial charge on any atom is 0.188 e. The Morgan fingerprint density at radius 2 is 2.50 bits per heavy atom. The predicted molar refractivity (Wildman–Crippen MR) is 58.7 cm³/mol. The molecule has 2 heterocycles. The summed E-state index contributed by atoms with van der Waals surface area (Å²) in [6, 6.07) is 3.42. The number of nitrogens with one attached hydrogen (secondary N) is 1. The molecule has 1 saturated heterocycles. The average Bonchev–Trinajstić information content (AvgIpc) is 2.82. The lowest BCUT2D eigenvalue weighted by Gasteiger charge is -2.11. The van der Waals surface area contributed by atoms with E-state index in [-0.39, 0.29) is 11.9 Å². The topological polar surface area (TPSA) is 92.8 Å². The normalized spacial score (nSPS) is 21.0. The molecule has 1 atom stereocenters. The third-order valence-corrected chi connectivity index (χ3v) is 2.42. The highest BCUT2D eigenvalue weighted by molar-refractivity contribution is 5.95. The molecule has 16 heavy (non-hydrogen) atoms. The zero-order chi connectivity index (χ0) is 11.4. The molecule has 0 spiro atoms. The van der Waals surface area contributed by atoms with Crippen LogP contribution in [-0.2, 0) is 0 Å². The number of rotatable bonds is 3. The molecule has 0 bridgehead atoms. The molecule has 0 amide bonds. The molecule has 0 aromatic carbocycles. The van der Waals surface area contributed by atoms with Crippen LogP contribution < -0.4 is 15.8 Å². The maximum atomic E-state index is 8.47. The highest BCUT2D eigenvalue weighted by Gasteiger charge is 2.15. The van der Waals surface area contributed by atoms with Crippen LogP contribution in [0.2, 0.25) is 0 Å². The Labute approximate surface area is 93.1 Å². The first-order valence-electron chi connectivity index (χ1n) is 5.11. The minimum Gasteiger partial charge on any atom is -0.487 e. The summed E-state index contributed by atoms with van der Waals surface area (Å²) < 4.78 is 5.68. The van der Waals surface area contributed by atoms with Gasteiger partial charge in [-0.15, -0.1) is 0 Å². The Morgan fingerprint density at radius 3 is 3.06 bits per heavy atom. The Bertz CT molecular complexity index is 371. The van der Waals surface area contributed by atoms with Crippen molar-refractivity contribution < 1.29 is 9.94 Å². The van der Waals surface area contributed by atoms with Crippen molar-refractivity contribution in [2.24, 2.45) is 10.9 Å². The zero-order valence-electron chi connectivity index (χ0n) is 8.76. The van der Waals surface area contributed by atoms with Crippen LogP contribution >= 0.6 is 0 Å². The standard InChI is InChI=1S/C10H14N4O2/c11-10(14-15)9-2-1-7(6-13-9)16-8-3-4-12-5-8/h1-2,6,8,12,15H,3-5H2,(H2,11,14)/t8-/m0/s1. The molecule has 0 aliphatic carbocycles. The van der Waals surface area contributed by atoms with Gasteiger partial charge in [0.25, 0.3) is 0 Å². The van der Waals surface area contributed by atoms with E-state index in [9.17, 15) is 0 Å². The van der Waals surface area contributed by atoms with Crippen LogP contribution in [-0.4, -0.2) is 35.2 Å². The number of aromatic nitrogens is 1. The van der Waals surface area contributed by atoms with Crippen LogP contribution in [0.5, 0.6) is 5.75 Å². The van der Waals surface area contributed by atoms with Crippen molar-refractivity contribution in [3.8, 4) is 5.75 Å². The van der Waals surface area contributed by atoms with Gasteiger partial charge in [0, 0.05) is 6.54 Å². The molecule has 86 valence electrons. The first-order valence-corrected chi connectivity index (χ1v) is 5.11. The lowest BCUT2D eigenvalue weighted by atomic mass is 10.3. The number of hydrogen-bond donors (Lipinski definition) is 3. The van der Waals surface area contributed by atoms with Crippen LogP contribution in [0.25, 0.3) is 0 Å². The molecule has 0 unspecified atom stereocenters. The molecule has 6 nitrogen and oxygen atoms in total. The summed E-state index contributed by atoms with van der Waals surface area (Å²) in [5, 5.41) is 14.6. The van der Waals surface area contributed by atoms with Crippen molar-refractivity contribution in [1.29, 1.82) is 0 Å². The van der Waals surface area contributed by atoms with Crippen LogP contribution in [0.15, 0.2) is 23.5 Å². The fourth-order valence-corrected chi connectivity index (χ4v) is 1.57. The van der Waals surface area contributed by atoms with Crippen molar-refractivity contribution in [1.82, 2.24) is 10.3 Å². The minimum atomic E-state index is -0.00548. The lowest BCUT2D eigenvalue weighted by Crippen LogP contribution is -2.20. The van der Waals surface area contributed by atoms with E-state index >= 15 is 0 Å². The molecule has 1 aromatic rings. The Balaban J connectivity index is 2.01. The summed E-state index contributed by atoms with van der Waals surface area (Å²) in [5.41, 5.74) is 5.82. The summed E-state index contributed by atoms with van der Waals surface area (Å²) in [6.07, 6.45) is 2.78. The van der Waals surface area contributed by atoms with Crippen molar-refractivity contribution in [2.45, 2.75) is 12.5 Å². The quantitative estimate of drug-likeness (QED) is 0.288. The highest BCUT2D eigenvalue weighted by atomic mass is 16.5. The van der Waals surface area contributed by atoms with E-state index in [4.69, 9.17) is 15.7 Å². The molecule has 1 aliphatic rings. The molecular weight excluding hydrogens is 208 g/mol. The van der Waals surface area contributed by atoms with E-state index in [2.05, 4.69) is 15.5 Å². The van der Waals surface area contributed by atoms with Crippen LogP contribution in [0, 0.1) is 0 Å². The third-order valence-electron chi connectivity index (χ3n) is 2.42. The molecule has 2 rings (SSSR count). The minimum absolute atomic E-state index is 0.00548. The SMILES string of the molecule is NC(=NO)c1ccc(O[C@H]2CCNC2)cn1. The second-order valence-corrected chi connectivity index (χ2v) is 3.60. The van der Waals surface area contributed by atoms with E-state index < -0.39 is 0 Å². The molecule has 0 radical (unpaired) electrons. The number of nitrogens with two attached hydrogens (primary N) is 1. The van der Waals surface area contributed by atoms with Crippen LogP contribution in [0.1, 0.15) is 12.1 Å². The second kappa shape index (κ2) is 4.80. The monoisotopic (exact) mass is 222 g/mol. The van der Waals surface area contributed by atoms with Gasteiger partial charge in [0.2, 0.25) is 0 Å². The molecule has 1 aliphatic heterocycles. The van der Waals surface area contributed by atoms with Gasteiger partial charge in [-0.25, -0.2) is 4.98 Å². The van der Waals surface area contributed by atoms with Gasteiger partial charge in [-0.05, 0) is 25.1 Å². The first kappa shape index (κ1) is 10.7. The molecule has 4 N–H and O–H groups in total. The van der Waals surface area contributed by atoms with E-state index in [1.54, 1.807) is 18.3 Å². The van der Waals surface area contributed by atoms with Crippen molar-refractivity contribution in [3.63, 3.8) is 0 Å². The highest BCUT2D eigenvalue weighted by Crippen LogP contribution is 2.14. The van der Waals surface area contributed by atoms with E-state index in [0.717, 1.165) is 19.5 Å². The van der Waals surface area contributed by atoms with Gasteiger partial charge < -0.3 is 21.0 Å². The van der Waals surface area contributed by atoms with Crippen molar-refractivity contribution in [3.05, 3.63) is 24.0 Å².